The lowest BCUT2D eigenvalue weighted by molar-refractivity contribution is -0.123. The first-order chi connectivity index (χ1) is 10.7. The number of amides is 2. The second-order valence-electron chi connectivity index (χ2n) is 5.20. The number of nitrogens with one attached hydrogen (secondary N) is 2. The fraction of sp³-hybridized carbons (Fsp3) is 0.333. The number of nitrogens with zero attached hydrogens (tertiary/aromatic N) is 3. The zero-order valence-electron chi connectivity index (χ0n) is 12.0. The lowest BCUT2D eigenvalue weighted by atomic mass is 9.95. The minimum absolute atomic E-state index is 0.151. The van der Waals surface area contributed by atoms with Gasteiger partial charge in [-0.1, -0.05) is 23.4 Å². The van der Waals surface area contributed by atoms with Crippen molar-refractivity contribution in [1.29, 1.82) is 0 Å². The standard InChI is InChI=1S/C15H17N5O2/c21-14-12-5-2-1-4-11(12)10-13(18-14)15(22)16-6-3-8-20-9-7-17-19-20/h1-2,4-5,7,9,13H,3,6,8,10H2,(H,16,22)(H,18,21)/t13-/m0/s1. The monoisotopic (exact) mass is 299 g/mol. The minimum atomic E-state index is -0.506. The molecule has 0 saturated heterocycles. The summed E-state index contributed by atoms with van der Waals surface area (Å²) < 4.78 is 1.71. The van der Waals surface area contributed by atoms with Gasteiger partial charge in [-0.2, -0.15) is 0 Å². The Morgan fingerprint density at radius 1 is 1.41 bits per heavy atom. The van der Waals surface area contributed by atoms with Crippen LogP contribution in [0.3, 0.4) is 0 Å². The van der Waals surface area contributed by atoms with Gasteiger partial charge in [0.15, 0.2) is 0 Å². The highest BCUT2D eigenvalue weighted by molar-refractivity contribution is 6.00. The fourth-order valence-corrected chi connectivity index (χ4v) is 2.51. The van der Waals surface area contributed by atoms with Crippen LogP contribution in [-0.4, -0.2) is 39.4 Å². The van der Waals surface area contributed by atoms with Crippen molar-refractivity contribution in [1.82, 2.24) is 25.6 Å². The quantitative estimate of drug-likeness (QED) is 0.769. The van der Waals surface area contributed by atoms with Crippen LogP contribution in [0.2, 0.25) is 0 Å². The van der Waals surface area contributed by atoms with Gasteiger partial charge in [0.25, 0.3) is 5.91 Å². The summed E-state index contributed by atoms with van der Waals surface area (Å²) in [5, 5.41) is 13.2. The summed E-state index contributed by atoms with van der Waals surface area (Å²) in [4.78, 5) is 24.1. The van der Waals surface area contributed by atoms with Crippen LogP contribution in [0.25, 0.3) is 0 Å². The molecular weight excluding hydrogens is 282 g/mol. The van der Waals surface area contributed by atoms with Gasteiger partial charge in [0, 0.05) is 31.3 Å². The number of rotatable bonds is 5. The van der Waals surface area contributed by atoms with E-state index in [2.05, 4.69) is 20.9 Å². The summed E-state index contributed by atoms with van der Waals surface area (Å²) in [6.07, 6.45) is 4.68. The third kappa shape index (κ3) is 3.13. The summed E-state index contributed by atoms with van der Waals surface area (Å²) >= 11 is 0. The molecule has 1 aliphatic heterocycles. The molecule has 22 heavy (non-hydrogen) atoms. The van der Waals surface area contributed by atoms with Gasteiger partial charge in [0.1, 0.15) is 6.04 Å². The van der Waals surface area contributed by atoms with Crippen LogP contribution in [0.15, 0.2) is 36.7 Å². The normalized spacial score (nSPS) is 16.7. The number of hydrogen-bond acceptors (Lipinski definition) is 4. The molecule has 0 spiro atoms. The van der Waals surface area contributed by atoms with E-state index in [-0.39, 0.29) is 11.8 Å². The molecule has 2 N–H and O–H groups in total. The highest BCUT2D eigenvalue weighted by atomic mass is 16.2. The number of carbonyl (C=O) groups is 2. The Morgan fingerprint density at radius 2 is 2.27 bits per heavy atom. The summed E-state index contributed by atoms with van der Waals surface area (Å²) in [7, 11) is 0. The number of benzene rings is 1. The van der Waals surface area contributed by atoms with Gasteiger partial charge < -0.3 is 10.6 Å². The number of fused-ring (bicyclic) bond motifs is 1. The van der Waals surface area contributed by atoms with E-state index in [4.69, 9.17) is 0 Å². The Morgan fingerprint density at radius 3 is 3.09 bits per heavy atom. The lowest BCUT2D eigenvalue weighted by Crippen LogP contribution is -2.51. The van der Waals surface area contributed by atoms with E-state index in [0.29, 0.717) is 25.1 Å². The molecule has 0 radical (unpaired) electrons. The van der Waals surface area contributed by atoms with Crippen LogP contribution in [0, 0.1) is 0 Å². The number of aryl methyl sites for hydroxylation is 1. The van der Waals surface area contributed by atoms with Crippen LogP contribution in [0.4, 0.5) is 0 Å². The van der Waals surface area contributed by atoms with E-state index in [0.717, 1.165) is 12.0 Å². The molecule has 1 atom stereocenters. The van der Waals surface area contributed by atoms with Crippen LogP contribution in [0.5, 0.6) is 0 Å². The van der Waals surface area contributed by atoms with Crippen LogP contribution >= 0.6 is 0 Å². The number of hydrogen-bond donors (Lipinski definition) is 2. The topological polar surface area (TPSA) is 88.9 Å². The van der Waals surface area contributed by atoms with Crippen molar-refractivity contribution in [3.63, 3.8) is 0 Å². The van der Waals surface area contributed by atoms with E-state index in [1.807, 2.05) is 18.2 Å². The lowest BCUT2D eigenvalue weighted by Gasteiger charge is -2.24. The molecule has 0 bridgehead atoms. The first kappa shape index (κ1) is 14.2. The third-order valence-corrected chi connectivity index (χ3v) is 3.64. The Labute approximate surface area is 127 Å². The van der Waals surface area contributed by atoms with Crippen molar-refractivity contribution in [2.24, 2.45) is 0 Å². The summed E-state index contributed by atoms with van der Waals surface area (Å²) in [5.41, 5.74) is 1.56. The third-order valence-electron chi connectivity index (χ3n) is 3.64. The van der Waals surface area contributed by atoms with E-state index in [1.54, 1.807) is 23.1 Å². The highest BCUT2D eigenvalue weighted by Gasteiger charge is 2.28. The Balaban J connectivity index is 1.50. The molecule has 1 aromatic heterocycles. The maximum atomic E-state index is 12.2. The minimum Gasteiger partial charge on any atom is -0.354 e. The first-order valence-electron chi connectivity index (χ1n) is 7.24. The van der Waals surface area contributed by atoms with Crippen molar-refractivity contribution < 1.29 is 9.59 Å². The molecule has 0 fully saturated rings. The second-order valence-corrected chi connectivity index (χ2v) is 5.20. The van der Waals surface area contributed by atoms with Gasteiger partial charge in [0.2, 0.25) is 5.91 Å². The van der Waals surface area contributed by atoms with Gasteiger partial charge in [0.05, 0.1) is 6.20 Å². The molecule has 0 aliphatic carbocycles. The van der Waals surface area contributed by atoms with Crippen LogP contribution in [-0.2, 0) is 17.8 Å². The fourth-order valence-electron chi connectivity index (χ4n) is 2.51. The highest BCUT2D eigenvalue weighted by Crippen LogP contribution is 2.16. The zero-order chi connectivity index (χ0) is 15.4. The molecule has 0 saturated carbocycles. The molecule has 114 valence electrons. The predicted molar refractivity (Wildman–Crippen MR) is 79.0 cm³/mol. The summed E-state index contributed by atoms with van der Waals surface area (Å²) in [5.74, 6) is -0.342. The van der Waals surface area contributed by atoms with Crippen LogP contribution < -0.4 is 10.6 Å². The Hall–Kier alpha value is -2.70. The van der Waals surface area contributed by atoms with Gasteiger partial charge in [-0.15, -0.1) is 5.10 Å². The molecule has 2 amide bonds. The largest absolute Gasteiger partial charge is 0.354 e. The van der Waals surface area contributed by atoms with E-state index < -0.39 is 6.04 Å². The van der Waals surface area contributed by atoms with Crippen molar-refractivity contribution >= 4 is 11.8 Å². The van der Waals surface area contributed by atoms with E-state index in [9.17, 15) is 9.59 Å². The molecule has 7 nitrogen and oxygen atoms in total. The Kier molecular flexibility index (Phi) is 4.13. The molecule has 2 heterocycles. The van der Waals surface area contributed by atoms with Crippen molar-refractivity contribution in [2.45, 2.75) is 25.4 Å². The van der Waals surface area contributed by atoms with Crippen molar-refractivity contribution in [3.8, 4) is 0 Å². The van der Waals surface area contributed by atoms with E-state index in [1.165, 1.54) is 0 Å². The average Bonchev–Trinajstić information content (AvgIpc) is 3.04. The van der Waals surface area contributed by atoms with Gasteiger partial charge in [-0.05, 0) is 18.1 Å². The van der Waals surface area contributed by atoms with Crippen molar-refractivity contribution in [2.75, 3.05) is 6.54 Å². The summed E-state index contributed by atoms with van der Waals surface area (Å²) in [6, 6.07) is 6.86. The smallest absolute Gasteiger partial charge is 0.252 e. The van der Waals surface area contributed by atoms with Crippen molar-refractivity contribution in [3.05, 3.63) is 47.8 Å². The first-order valence-corrected chi connectivity index (χ1v) is 7.24. The van der Waals surface area contributed by atoms with Gasteiger partial charge >= 0.3 is 0 Å². The zero-order valence-corrected chi connectivity index (χ0v) is 12.0. The molecule has 1 aliphatic rings. The molecular formula is C15H17N5O2. The molecule has 0 unspecified atom stereocenters. The van der Waals surface area contributed by atoms with E-state index >= 15 is 0 Å². The van der Waals surface area contributed by atoms with Crippen LogP contribution in [0.1, 0.15) is 22.3 Å². The SMILES string of the molecule is O=C1N[C@H](C(=O)NCCCn2ccnn2)Cc2ccccc21. The number of carbonyl (C=O) groups excluding carboxylic acids is 2. The molecule has 2 aromatic rings. The summed E-state index contributed by atoms with van der Waals surface area (Å²) in [6.45, 7) is 1.23. The molecule has 3 rings (SSSR count). The molecule has 7 heteroatoms. The number of aromatic nitrogens is 3. The maximum Gasteiger partial charge on any atom is 0.252 e. The average molecular weight is 299 g/mol. The maximum absolute atomic E-state index is 12.2. The predicted octanol–water partition coefficient (Wildman–Crippen LogP) is 0.139. The van der Waals surface area contributed by atoms with Gasteiger partial charge in [-0.25, -0.2) is 0 Å². The molecule has 1 aromatic carbocycles. The van der Waals surface area contributed by atoms with Gasteiger partial charge in [-0.3, -0.25) is 14.3 Å². The Bertz CT molecular complexity index is 668. The second kappa shape index (κ2) is 6.38.